The van der Waals surface area contributed by atoms with Crippen LogP contribution in [0, 0.1) is 0 Å². The number of piperidine rings is 1. The minimum Gasteiger partial charge on any atom is -0.369 e. The number of nitrogens with zero attached hydrogens (tertiary/aromatic N) is 2. The Kier molecular flexibility index (Phi) is 5.17. The highest BCUT2D eigenvalue weighted by Crippen LogP contribution is 2.34. The fraction of sp³-hybridized carbons (Fsp3) is 0.625. The Morgan fingerprint density at radius 2 is 2.04 bits per heavy atom. The summed E-state index contributed by atoms with van der Waals surface area (Å²) in [5.41, 5.74) is 5.23. The highest BCUT2D eigenvalue weighted by Gasteiger charge is 2.32. The second-order valence-electron chi connectivity index (χ2n) is 6.33. The molecule has 3 N–H and O–H groups in total. The lowest BCUT2D eigenvalue weighted by atomic mass is 10.1. The number of carbonyl (C=O) groups is 2. The van der Waals surface area contributed by atoms with Gasteiger partial charge in [-0.1, -0.05) is 6.07 Å². The van der Waals surface area contributed by atoms with Crippen LogP contribution in [0.2, 0.25) is 0 Å². The molecule has 6 nitrogen and oxygen atoms in total. The average molecular weight is 336 g/mol. The molecule has 126 valence electrons. The SMILES string of the molecule is NC(=O)CN1CCC(NC(=O)N2CCCC2c2cccs2)CC1. The molecular formula is C16H24N4O2S. The molecule has 1 unspecified atom stereocenters. The van der Waals surface area contributed by atoms with Gasteiger partial charge in [-0.2, -0.15) is 0 Å². The molecule has 3 heterocycles. The van der Waals surface area contributed by atoms with Crippen molar-refractivity contribution in [3.05, 3.63) is 22.4 Å². The van der Waals surface area contributed by atoms with Gasteiger partial charge >= 0.3 is 6.03 Å². The van der Waals surface area contributed by atoms with Gasteiger partial charge in [0.15, 0.2) is 0 Å². The van der Waals surface area contributed by atoms with Gasteiger partial charge in [0.2, 0.25) is 5.91 Å². The standard InChI is InChI=1S/C16H24N4O2S/c17-15(21)11-19-8-5-12(6-9-19)18-16(22)20-7-1-3-13(20)14-4-2-10-23-14/h2,4,10,12-13H,1,3,5-9,11H2,(H2,17,21)(H,18,22). The van der Waals surface area contributed by atoms with Crippen molar-refractivity contribution in [2.45, 2.75) is 37.8 Å². The number of urea groups is 1. The molecule has 2 aliphatic heterocycles. The fourth-order valence-electron chi connectivity index (χ4n) is 3.50. The third-order valence-corrected chi connectivity index (χ3v) is 5.65. The molecule has 0 aliphatic carbocycles. The average Bonchev–Trinajstić information content (AvgIpc) is 3.19. The predicted molar refractivity (Wildman–Crippen MR) is 90.2 cm³/mol. The number of hydrogen-bond acceptors (Lipinski definition) is 4. The van der Waals surface area contributed by atoms with Crippen LogP contribution in [0.1, 0.15) is 36.6 Å². The molecule has 3 amide bonds. The van der Waals surface area contributed by atoms with Gasteiger partial charge in [0, 0.05) is 30.6 Å². The molecule has 1 atom stereocenters. The Hall–Kier alpha value is -1.60. The van der Waals surface area contributed by atoms with Gasteiger partial charge in [0.1, 0.15) is 0 Å². The van der Waals surface area contributed by atoms with Gasteiger partial charge in [0.05, 0.1) is 12.6 Å². The number of amides is 3. The number of hydrogen-bond donors (Lipinski definition) is 2. The van der Waals surface area contributed by atoms with Crippen molar-refractivity contribution >= 4 is 23.3 Å². The number of nitrogens with two attached hydrogens (primary N) is 1. The first-order valence-electron chi connectivity index (χ1n) is 8.24. The lowest BCUT2D eigenvalue weighted by Crippen LogP contribution is -2.50. The minimum absolute atomic E-state index is 0.0502. The van der Waals surface area contributed by atoms with Crippen molar-refractivity contribution in [1.29, 1.82) is 0 Å². The van der Waals surface area contributed by atoms with Crippen molar-refractivity contribution in [3.8, 4) is 0 Å². The zero-order chi connectivity index (χ0) is 16.2. The summed E-state index contributed by atoms with van der Waals surface area (Å²) in [6, 6.07) is 4.63. The first-order valence-corrected chi connectivity index (χ1v) is 9.12. The van der Waals surface area contributed by atoms with Crippen molar-refractivity contribution in [3.63, 3.8) is 0 Å². The summed E-state index contributed by atoms with van der Waals surface area (Å²) >= 11 is 1.72. The first-order chi connectivity index (χ1) is 11.1. The van der Waals surface area contributed by atoms with Gasteiger partial charge < -0.3 is 16.0 Å². The van der Waals surface area contributed by atoms with Crippen LogP contribution in [0.4, 0.5) is 4.79 Å². The largest absolute Gasteiger partial charge is 0.369 e. The molecule has 2 saturated heterocycles. The van der Waals surface area contributed by atoms with E-state index in [1.54, 1.807) is 11.3 Å². The molecule has 3 rings (SSSR count). The molecule has 1 aromatic rings. The van der Waals surface area contributed by atoms with Gasteiger partial charge in [-0.3, -0.25) is 9.69 Å². The predicted octanol–water partition coefficient (Wildman–Crippen LogP) is 1.54. The number of thiophene rings is 1. The fourth-order valence-corrected chi connectivity index (χ4v) is 4.37. The second kappa shape index (κ2) is 7.31. The van der Waals surface area contributed by atoms with Crippen LogP contribution in [-0.4, -0.2) is 54.0 Å². The van der Waals surface area contributed by atoms with Gasteiger partial charge in [-0.05, 0) is 37.1 Å². The van der Waals surface area contributed by atoms with Crippen molar-refractivity contribution in [2.24, 2.45) is 5.73 Å². The Morgan fingerprint density at radius 1 is 1.26 bits per heavy atom. The number of carbonyl (C=O) groups excluding carboxylic acids is 2. The lowest BCUT2D eigenvalue weighted by Gasteiger charge is -2.33. The molecule has 7 heteroatoms. The Morgan fingerprint density at radius 3 is 2.70 bits per heavy atom. The van der Waals surface area contributed by atoms with E-state index in [0.29, 0.717) is 6.54 Å². The van der Waals surface area contributed by atoms with Crippen LogP contribution in [0.3, 0.4) is 0 Å². The van der Waals surface area contributed by atoms with Crippen LogP contribution in [0.15, 0.2) is 17.5 Å². The molecule has 0 saturated carbocycles. The lowest BCUT2D eigenvalue weighted by molar-refractivity contribution is -0.119. The Bertz CT molecular complexity index is 540. The van der Waals surface area contributed by atoms with E-state index in [1.165, 1.54) is 4.88 Å². The molecule has 0 aromatic carbocycles. The zero-order valence-electron chi connectivity index (χ0n) is 13.2. The van der Waals surface area contributed by atoms with Gasteiger partial charge in [-0.25, -0.2) is 4.79 Å². The first kappa shape index (κ1) is 16.3. The molecule has 0 bridgehead atoms. The second-order valence-corrected chi connectivity index (χ2v) is 7.31. The highest BCUT2D eigenvalue weighted by molar-refractivity contribution is 7.10. The molecule has 2 aliphatic rings. The number of primary amides is 1. The van der Waals surface area contributed by atoms with Crippen LogP contribution >= 0.6 is 11.3 Å². The molecule has 0 spiro atoms. The Labute approximate surface area is 140 Å². The van der Waals surface area contributed by atoms with E-state index in [2.05, 4.69) is 21.7 Å². The molecule has 2 fully saturated rings. The minimum atomic E-state index is -0.289. The summed E-state index contributed by atoms with van der Waals surface area (Å²) in [6.07, 6.45) is 3.85. The number of nitrogens with one attached hydrogen (secondary N) is 1. The van der Waals surface area contributed by atoms with E-state index in [9.17, 15) is 9.59 Å². The van der Waals surface area contributed by atoms with E-state index in [1.807, 2.05) is 11.0 Å². The quantitative estimate of drug-likeness (QED) is 0.875. The topological polar surface area (TPSA) is 78.7 Å². The molecule has 0 radical (unpaired) electrons. The van der Waals surface area contributed by atoms with Crippen molar-refractivity contribution < 1.29 is 9.59 Å². The maximum Gasteiger partial charge on any atom is 0.318 e. The summed E-state index contributed by atoms with van der Waals surface area (Å²) < 4.78 is 0. The number of likely N-dealkylation sites (tertiary alicyclic amines) is 2. The molecule has 23 heavy (non-hydrogen) atoms. The molecule has 1 aromatic heterocycles. The summed E-state index contributed by atoms with van der Waals surface area (Å²) in [5.74, 6) is -0.289. The normalized spacial score (nSPS) is 23.1. The maximum absolute atomic E-state index is 12.6. The summed E-state index contributed by atoms with van der Waals surface area (Å²) in [6.45, 7) is 2.76. The highest BCUT2D eigenvalue weighted by atomic mass is 32.1. The summed E-state index contributed by atoms with van der Waals surface area (Å²) in [5, 5.41) is 5.24. The Balaban J connectivity index is 1.50. The van der Waals surface area contributed by atoms with Crippen molar-refractivity contribution in [1.82, 2.24) is 15.1 Å². The third kappa shape index (κ3) is 4.03. The van der Waals surface area contributed by atoms with E-state index in [4.69, 9.17) is 5.73 Å². The van der Waals surface area contributed by atoms with Crippen LogP contribution in [-0.2, 0) is 4.79 Å². The summed E-state index contributed by atoms with van der Waals surface area (Å²) in [7, 11) is 0. The van der Waals surface area contributed by atoms with Crippen molar-refractivity contribution in [2.75, 3.05) is 26.2 Å². The van der Waals surface area contributed by atoms with E-state index < -0.39 is 0 Å². The molecular weight excluding hydrogens is 312 g/mol. The van der Waals surface area contributed by atoms with E-state index >= 15 is 0 Å². The summed E-state index contributed by atoms with van der Waals surface area (Å²) in [4.78, 5) is 28.9. The number of rotatable bonds is 4. The van der Waals surface area contributed by atoms with E-state index in [-0.39, 0.29) is 24.0 Å². The van der Waals surface area contributed by atoms with Gasteiger partial charge in [-0.15, -0.1) is 11.3 Å². The van der Waals surface area contributed by atoms with Crippen LogP contribution < -0.4 is 11.1 Å². The van der Waals surface area contributed by atoms with Crippen LogP contribution in [0.5, 0.6) is 0 Å². The van der Waals surface area contributed by atoms with Crippen LogP contribution in [0.25, 0.3) is 0 Å². The zero-order valence-corrected chi connectivity index (χ0v) is 14.1. The van der Waals surface area contributed by atoms with E-state index in [0.717, 1.165) is 45.3 Å². The third-order valence-electron chi connectivity index (χ3n) is 4.68. The van der Waals surface area contributed by atoms with Gasteiger partial charge in [0.25, 0.3) is 0 Å². The monoisotopic (exact) mass is 336 g/mol. The maximum atomic E-state index is 12.6. The smallest absolute Gasteiger partial charge is 0.318 e.